The van der Waals surface area contributed by atoms with Gasteiger partial charge < -0.3 is 15.4 Å². The molecular formula is C18H18N2O4. The first-order chi connectivity index (χ1) is 11.6. The first-order valence-corrected chi connectivity index (χ1v) is 7.51. The van der Waals surface area contributed by atoms with Crippen LogP contribution in [0.25, 0.3) is 0 Å². The molecule has 6 nitrogen and oxygen atoms in total. The van der Waals surface area contributed by atoms with E-state index >= 15 is 0 Å². The van der Waals surface area contributed by atoms with Crippen LogP contribution in [-0.4, -0.2) is 24.4 Å². The molecule has 0 radical (unpaired) electrons. The zero-order valence-corrected chi connectivity index (χ0v) is 13.2. The van der Waals surface area contributed by atoms with Crippen LogP contribution in [0.1, 0.15) is 23.7 Å². The van der Waals surface area contributed by atoms with Gasteiger partial charge >= 0.3 is 5.97 Å². The summed E-state index contributed by atoms with van der Waals surface area (Å²) in [5.41, 5.74) is 1.17. The Labute approximate surface area is 139 Å². The molecule has 124 valence electrons. The van der Waals surface area contributed by atoms with Crippen LogP contribution in [0.15, 0.2) is 54.6 Å². The van der Waals surface area contributed by atoms with Crippen LogP contribution in [0.5, 0.6) is 0 Å². The zero-order valence-electron chi connectivity index (χ0n) is 13.2. The zero-order chi connectivity index (χ0) is 17.4. The molecule has 2 N–H and O–H groups in total. The average molecular weight is 326 g/mol. The molecule has 0 fully saturated rings. The van der Waals surface area contributed by atoms with Crippen molar-refractivity contribution < 1.29 is 19.1 Å². The molecule has 0 atom stereocenters. The number of rotatable bonds is 6. The summed E-state index contributed by atoms with van der Waals surface area (Å²) < 4.78 is 4.94. The second-order valence-electron chi connectivity index (χ2n) is 4.91. The van der Waals surface area contributed by atoms with Gasteiger partial charge in [-0.1, -0.05) is 30.3 Å². The minimum absolute atomic E-state index is 0.237. The minimum Gasteiger partial charge on any atom is -0.462 e. The van der Waals surface area contributed by atoms with Gasteiger partial charge in [-0.2, -0.15) is 0 Å². The van der Waals surface area contributed by atoms with Crippen LogP contribution in [-0.2, 0) is 14.3 Å². The molecule has 2 aromatic rings. The van der Waals surface area contributed by atoms with Crippen LogP contribution < -0.4 is 10.6 Å². The van der Waals surface area contributed by atoms with Crippen molar-refractivity contribution in [3.63, 3.8) is 0 Å². The fourth-order valence-electron chi connectivity index (χ4n) is 2.05. The Bertz CT molecular complexity index is 729. The number of nitrogens with one attached hydrogen (secondary N) is 2. The first kappa shape index (κ1) is 17.2. The number of esters is 1. The molecule has 0 heterocycles. The van der Waals surface area contributed by atoms with Crippen LogP contribution in [0.4, 0.5) is 11.4 Å². The Morgan fingerprint density at radius 2 is 1.50 bits per heavy atom. The molecule has 6 heteroatoms. The number of hydrogen-bond donors (Lipinski definition) is 2. The molecule has 0 aromatic heterocycles. The van der Waals surface area contributed by atoms with Crippen molar-refractivity contribution in [2.45, 2.75) is 13.3 Å². The number of hydrogen-bond acceptors (Lipinski definition) is 4. The third-order valence-electron chi connectivity index (χ3n) is 3.08. The topological polar surface area (TPSA) is 84.5 Å². The van der Waals surface area contributed by atoms with E-state index in [1.807, 2.05) is 6.07 Å². The summed E-state index contributed by atoms with van der Waals surface area (Å²) in [6.07, 6.45) is -0.355. The van der Waals surface area contributed by atoms with E-state index in [1.165, 1.54) is 0 Å². The molecule has 0 saturated carbocycles. The smallest absolute Gasteiger partial charge is 0.340 e. The van der Waals surface area contributed by atoms with Crippen molar-refractivity contribution in [3.05, 3.63) is 60.2 Å². The number of carbonyl (C=O) groups is 3. The van der Waals surface area contributed by atoms with Gasteiger partial charge in [0.25, 0.3) is 0 Å². The number of carbonyl (C=O) groups excluding carboxylic acids is 3. The van der Waals surface area contributed by atoms with Gasteiger partial charge in [-0.25, -0.2) is 4.79 Å². The van der Waals surface area contributed by atoms with Crippen molar-refractivity contribution in [1.29, 1.82) is 0 Å². The predicted octanol–water partition coefficient (Wildman–Crippen LogP) is 2.83. The van der Waals surface area contributed by atoms with Gasteiger partial charge in [-0.3, -0.25) is 9.59 Å². The van der Waals surface area contributed by atoms with Crippen molar-refractivity contribution in [3.8, 4) is 0 Å². The third kappa shape index (κ3) is 4.95. The average Bonchev–Trinajstić information content (AvgIpc) is 2.56. The minimum atomic E-state index is -0.526. The first-order valence-electron chi connectivity index (χ1n) is 7.51. The van der Waals surface area contributed by atoms with E-state index < -0.39 is 17.8 Å². The SMILES string of the molecule is CCOC(=O)c1ccccc1NC(=O)CC(=O)Nc1ccccc1. The Hall–Kier alpha value is -3.15. The van der Waals surface area contributed by atoms with Crippen LogP contribution >= 0.6 is 0 Å². The molecule has 0 aliphatic heterocycles. The molecule has 0 aliphatic rings. The van der Waals surface area contributed by atoms with Crippen molar-refractivity contribution in [2.24, 2.45) is 0 Å². The van der Waals surface area contributed by atoms with Crippen molar-refractivity contribution in [1.82, 2.24) is 0 Å². The summed E-state index contributed by atoms with van der Waals surface area (Å²) in [7, 11) is 0. The summed E-state index contributed by atoms with van der Waals surface area (Å²) in [5.74, 6) is -1.48. The molecule has 2 rings (SSSR count). The monoisotopic (exact) mass is 326 g/mol. The standard InChI is InChI=1S/C18H18N2O4/c1-2-24-18(23)14-10-6-7-11-15(14)20-17(22)12-16(21)19-13-8-4-3-5-9-13/h3-11H,2,12H2,1H3,(H,19,21)(H,20,22). The Kier molecular flexibility index (Phi) is 6.08. The molecule has 2 amide bonds. The Balaban J connectivity index is 1.97. The predicted molar refractivity (Wildman–Crippen MR) is 90.7 cm³/mol. The van der Waals surface area contributed by atoms with Crippen molar-refractivity contribution >= 4 is 29.2 Å². The summed E-state index contributed by atoms with van der Waals surface area (Å²) in [5, 5.41) is 5.19. The molecule has 0 saturated heterocycles. The van der Waals surface area contributed by atoms with Gasteiger partial charge in [0, 0.05) is 5.69 Å². The summed E-state index contributed by atoms with van der Waals surface area (Å²) in [6, 6.07) is 15.3. The largest absolute Gasteiger partial charge is 0.462 e. The van der Waals surface area contributed by atoms with E-state index in [2.05, 4.69) is 10.6 Å². The van der Waals surface area contributed by atoms with E-state index in [4.69, 9.17) is 4.74 Å². The molecular weight excluding hydrogens is 308 g/mol. The lowest BCUT2D eigenvalue weighted by Crippen LogP contribution is -2.22. The number of benzene rings is 2. The quantitative estimate of drug-likeness (QED) is 0.631. The summed E-state index contributed by atoms with van der Waals surface area (Å²) in [6.45, 7) is 1.94. The van der Waals surface area contributed by atoms with Gasteiger partial charge in [0.05, 0.1) is 17.9 Å². The van der Waals surface area contributed by atoms with Crippen LogP contribution in [0.3, 0.4) is 0 Å². The number of para-hydroxylation sites is 2. The second-order valence-corrected chi connectivity index (χ2v) is 4.91. The van der Waals surface area contributed by atoms with E-state index in [9.17, 15) is 14.4 Å². The molecule has 24 heavy (non-hydrogen) atoms. The Morgan fingerprint density at radius 3 is 2.21 bits per heavy atom. The van der Waals surface area contributed by atoms with Gasteiger partial charge in [0.1, 0.15) is 6.42 Å². The molecule has 0 unspecified atom stereocenters. The third-order valence-corrected chi connectivity index (χ3v) is 3.08. The number of ether oxygens (including phenoxy) is 1. The highest BCUT2D eigenvalue weighted by Crippen LogP contribution is 2.16. The van der Waals surface area contributed by atoms with Gasteiger partial charge in [0.2, 0.25) is 11.8 Å². The van der Waals surface area contributed by atoms with Crippen molar-refractivity contribution in [2.75, 3.05) is 17.2 Å². The van der Waals surface area contributed by atoms with Gasteiger partial charge in [0.15, 0.2) is 0 Å². The number of anilines is 2. The highest BCUT2D eigenvalue weighted by atomic mass is 16.5. The molecule has 2 aromatic carbocycles. The maximum Gasteiger partial charge on any atom is 0.340 e. The van der Waals surface area contributed by atoms with Crippen LogP contribution in [0, 0.1) is 0 Å². The van der Waals surface area contributed by atoms with Gasteiger partial charge in [-0.05, 0) is 31.2 Å². The second kappa shape index (κ2) is 8.47. The van der Waals surface area contributed by atoms with Gasteiger partial charge in [-0.15, -0.1) is 0 Å². The fraction of sp³-hybridized carbons (Fsp3) is 0.167. The molecule has 0 bridgehead atoms. The van der Waals surface area contributed by atoms with Crippen LogP contribution in [0.2, 0.25) is 0 Å². The highest BCUT2D eigenvalue weighted by Gasteiger charge is 2.15. The molecule has 0 spiro atoms. The highest BCUT2D eigenvalue weighted by molar-refractivity contribution is 6.09. The van der Waals surface area contributed by atoms with E-state index in [-0.39, 0.29) is 18.6 Å². The van der Waals surface area contributed by atoms with E-state index in [0.717, 1.165) is 0 Å². The molecule has 0 aliphatic carbocycles. The summed E-state index contributed by atoms with van der Waals surface area (Å²) >= 11 is 0. The van der Waals surface area contributed by atoms with E-state index in [0.29, 0.717) is 11.4 Å². The lowest BCUT2D eigenvalue weighted by Gasteiger charge is -2.10. The maximum atomic E-state index is 12.0. The normalized spacial score (nSPS) is 9.88. The maximum absolute atomic E-state index is 12.0. The lowest BCUT2D eigenvalue weighted by molar-refractivity contribution is -0.123. The lowest BCUT2D eigenvalue weighted by atomic mass is 10.1. The Morgan fingerprint density at radius 1 is 0.875 bits per heavy atom. The fourth-order valence-corrected chi connectivity index (χ4v) is 2.05. The summed E-state index contributed by atoms with van der Waals surface area (Å²) in [4.78, 5) is 35.8. The number of amides is 2. The van der Waals surface area contributed by atoms with E-state index in [1.54, 1.807) is 55.5 Å².